The van der Waals surface area contributed by atoms with Gasteiger partial charge in [0.25, 0.3) is 0 Å². The monoisotopic (exact) mass is 203 g/mol. The van der Waals surface area contributed by atoms with Crippen LogP contribution in [0.4, 0.5) is 0 Å². The number of hydrogen-bond acceptors (Lipinski definition) is 2. The zero-order valence-corrected chi connectivity index (χ0v) is 9.22. The van der Waals surface area contributed by atoms with Gasteiger partial charge in [0.1, 0.15) is 5.82 Å². The Balaban J connectivity index is 2.35. The van der Waals surface area contributed by atoms with Crippen molar-refractivity contribution in [2.45, 2.75) is 26.3 Å². The molecule has 2 aromatic heterocycles. The normalized spacial score (nSPS) is 13.6. The van der Waals surface area contributed by atoms with Crippen LogP contribution in [0.3, 0.4) is 0 Å². The maximum absolute atomic E-state index is 6.12. The van der Waals surface area contributed by atoms with Crippen LogP contribution in [0.2, 0.25) is 0 Å². The number of rotatable bonds is 3. The van der Waals surface area contributed by atoms with Crippen molar-refractivity contribution in [1.82, 2.24) is 9.38 Å². The van der Waals surface area contributed by atoms with E-state index < -0.39 is 0 Å². The third kappa shape index (κ3) is 2.02. The highest BCUT2D eigenvalue weighted by atomic mass is 15.0. The van der Waals surface area contributed by atoms with Crippen molar-refractivity contribution < 1.29 is 0 Å². The van der Waals surface area contributed by atoms with Crippen LogP contribution in [-0.2, 0) is 0 Å². The molecule has 0 saturated carbocycles. The third-order valence-corrected chi connectivity index (χ3v) is 2.52. The van der Waals surface area contributed by atoms with E-state index in [0.717, 1.165) is 17.8 Å². The average Bonchev–Trinajstić information content (AvgIpc) is 2.59. The maximum Gasteiger partial charge on any atom is 0.130 e. The lowest BCUT2D eigenvalue weighted by Gasteiger charge is -2.12. The molecule has 2 heterocycles. The Morgan fingerprint density at radius 2 is 2.20 bits per heavy atom. The van der Waals surface area contributed by atoms with Gasteiger partial charge in [-0.1, -0.05) is 19.9 Å². The molecule has 0 spiro atoms. The zero-order valence-electron chi connectivity index (χ0n) is 9.22. The van der Waals surface area contributed by atoms with E-state index in [0.29, 0.717) is 5.92 Å². The summed E-state index contributed by atoms with van der Waals surface area (Å²) in [6, 6.07) is 6.07. The topological polar surface area (TPSA) is 43.3 Å². The summed E-state index contributed by atoms with van der Waals surface area (Å²) >= 11 is 0. The fraction of sp³-hybridized carbons (Fsp3) is 0.417. The van der Waals surface area contributed by atoms with E-state index in [4.69, 9.17) is 5.73 Å². The lowest BCUT2D eigenvalue weighted by molar-refractivity contribution is 0.492. The Labute approximate surface area is 89.9 Å². The molecule has 0 fully saturated rings. The molecule has 0 bridgehead atoms. The van der Waals surface area contributed by atoms with Gasteiger partial charge in [-0.05, 0) is 24.5 Å². The Morgan fingerprint density at radius 3 is 2.93 bits per heavy atom. The second-order valence-electron chi connectivity index (χ2n) is 4.35. The highest BCUT2D eigenvalue weighted by Crippen LogP contribution is 2.18. The van der Waals surface area contributed by atoms with Crippen LogP contribution in [-0.4, -0.2) is 9.38 Å². The number of nitrogens with zero attached hydrogens (tertiary/aromatic N) is 2. The van der Waals surface area contributed by atoms with Gasteiger partial charge in [0.05, 0.1) is 17.8 Å². The number of pyridine rings is 1. The number of hydrogen-bond donors (Lipinski definition) is 1. The summed E-state index contributed by atoms with van der Waals surface area (Å²) in [6.45, 7) is 4.35. The lowest BCUT2D eigenvalue weighted by atomic mass is 10.0. The Bertz CT molecular complexity index is 445. The van der Waals surface area contributed by atoms with Gasteiger partial charge in [-0.2, -0.15) is 0 Å². The molecule has 15 heavy (non-hydrogen) atoms. The first-order valence-corrected chi connectivity index (χ1v) is 5.36. The number of imidazole rings is 1. The summed E-state index contributed by atoms with van der Waals surface area (Å²) in [6.07, 6.45) is 4.85. The molecule has 2 rings (SSSR count). The van der Waals surface area contributed by atoms with Gasteiger partial charge in [-0.3, -0.25) is 0 Å². The van der Waals surface area contributed by atoms with Gasteiger partial charge in [0, 0.05) is 6.20 Å². The van der Waals surface area contributed by atoms with Crippen molar-refractivity contribution in [1.29, 1.82) is 0 Å². The summed E-state index contributed by atoms with van der Waals surface area (Å²) in [5.41, 5.74) is 7.23. The van der Waals surface area contributed by atoms with E-state index >= 15 is 0 Å². The van der Waals surface area contributed by atoms with Crippen LogP contribution in [0.25, 0.3) is 5.52 Å². The second-order valence-corrected chi connectivity index (χ2v) is 4.35. The van der Waals surface area contributed by atoms with E-state index in [9.17, 15) is 0 Å². The first kappa shape index (κ1) is 10.2. The molecular formula is C12H17N3. The first-order chi connectivity index (χ1) is 7.18. The Hall–Kier alpha value is -1.35. The molecule has 0 aliphatic rings. The maximum atomic E-state index is 6.12. The SMILES string of the molecule is CC(C)CC(N)c1ncc2ccccn12. The fourth-order valence-corrected chi connectivity index (χ4v) is 1.85. The van der Waals surface area contributed by atoms with E-state index in [1.54, 1.807) is 0 Å². The van der Waals surface area contributed by atoms with Crippen LogP contribution in [0.15, 0.2) is 30.6 Å². The van der Waals surface area contributed by atoms with E-state index in [1.807, 2.05) is 30.6 Å². The molecule has 2 N–H and O–H groups in total. The molecule has 0 saturated heterocycles. The van der Waals surface area contributed by atoms with Crippen molar-refractivity contribution in [2.75, 3.05) is 0 Å². The molecule has 2 aromatic rings. The van der Waals surface area contributed by atoms with Gasteiger partial charge in [-0.15, -0.1) is 0 Å². The molecule has 3 nitrogen and oxygen atoms in total. The minimum Gasteiger partial charge on any atom is -0.321 e. The van der Waals surface area contributed by atoms with Crippen LogP contribution in [0, 0.1) is 5.92 Å². The predicted octanol–water partition coefficient (Wildman–Crippen LogP) is 2.38. The molecular weight excluding hydrogens is 186 g/mol. The van der Waals surface area contributed by atoms with Crippen LogP contribution >= 0.6 is 0 Å². The molecule has 1 atom stereocenters. The quantitative estimate of drug-likeness (QED) is 0.832. The molecule has 0 amide bonds. The highest BCUT2D eigenvalue weighted by Gasteiger charge is 2.13. The second kappa shape index (κ2) is 4.03. The van der Waals surface area contributed by atoms with E-state index in [1.165, 1.54) is 0 Å². The van der Waals surface area contributed by atoms with Crippen molar-refractivity contribution in [3.63, 3.8) is 0 Å². The molecule has 80 valence electrons. The van der Waals surface area contributed by atoms with Gasteiger partial charge >= 0.3 is 0 Å². The molecule has 3 heteroatoms. The van der Waals surface area contributed by atoms with Gasteiger partial charge in [0.15, 0.2) is 0 Å². The van der Waals surface area contributed by atoms with Crippen LogP contribution in [0.5, 0.6) is 0 Å². The number of fused-ring (bicyclic) bond motifs is 1. The third-order valence-electron chi connectivity index (χ3n) is 2.52. The van der Waals surface area contributed by atoms with Gasteiger partial charge < -0.3 is 10.1 Å². The van der Waals surface area contributed by atoms with Gasteiger partial charge in [-0.25, -0.2) is 4.98 Å². The standard InChI is InChI=1S/C12H17N3/c1-9(2)7-11(13)12-14-8-10-5-3-4-6-15(10)12/h3-6,8-9,11H,7,13H2,1-2H3. The van der Waals surface area contributed by atoms with Crippen LogP contribution in [0.1, 0.15) is 32.1 Å². The Kier molecular flexibility index (Phi) is 2.73. The lowest BCUT2D eigenvalue weighted by Crippen LogP contribution is -2.16. The number of aromatic nitrogens is 2. The van der Waals surface area contributed by atoms with Gasteiger partial charge in [0.2, 0.25) is 0 Å². The summed E-state index contributed by atoms with van der Waals surface area (Å²) in [4.78, 5) is 4.39. The minimum absolute atomic E-state index is 0.0231. The predicted molar refractivity (Wildman–Crippen MR) is 61.6 cm³/mol. The Morgan fingerprint density at radius 1 is 1.40 bits per heavy atom. The molecule has 0 aliphatic carbocycles. The first-order valence-electron chi connectivity index (χ1n) is 5.36. The molecule has 1 unspecified atom stereocenters. The molecule has 0 radical (unpaired) electrons. The zero-order chi connectivity index (χ0) is 10.8. The summed E-state index contributed by atoms with van der Waals surface area (Å²) in [5, 5.41) is 0. The highest BCUT2D eigenvalue weighted by molar-refractivity contribution is 5.45. The summed E-state index contributed by atoms with van der Waals surface area (Å²) < 4.78 is 2.06. The smallest absolute Gasteiger partial charge is 0.130 e. The summed E-state index contributed by atoms with van der Waals surface area (Å²) in [7, 11) is 0. The van der Waals surface area contributed by atoms with Crippen molar-refractivity contribution >= 4 is 5.52 Å². The largest absolute Gasteiger partial charge is 0.321 e. The van der Waals surface area contributed by atoms with Crippen molar-refractivity contribution in [2.24, 2.45) is 11.7 Å². The van der Waals surface area contributed by atoms with Crippen molar-refractivity contribution in [3.05, 3.63) is 36.4 Å². The van der Waals surface area contributed by atoms with E-state index in [-0.39, 0.29) is 6.04 Å². The number of nitrogens with two attached hydrogens (primary N) is 1. The van der Waals surface area contributed by atoms with E-state index in [2.05, 4.69) is 23.2 Å². The minimum atomic E-state index is 0.0231. The molecule has 0 aromatic carbocycles. The average molecular weight is 203 g/mol. The summed E-state index contributed by atoms with van der Waals surface area (Å²) in [5.74, 6) is 1.55. The molecule has 0 aliphatic heterocycles. The van der Waals surface area contributed by atoms with Crippen LogP contribution < -0.4 is 5.73 Å². The fourth-order valence-electron chi connectivity index (χ4n) is 1.85. The van der Waals surface area contributed by atoms with Crippen molar-refractivity contribution in [3.8, 4) is 0 Å².